The number of hydrogen-bond acceptors (Lipinski definition) is 3. The van der Waals surface area contributed by atoms with Gasteiger partial charge in [0.05, 0.1) is 12.2 Å². The van der Waals surface area contributed by atoms with E-state index < -0.39 is 0 Å². The average molecular weight is 322 g/mol. The zero-order valence-electron chi connectivity index (χ0n) is 10.8. The molecule has 0 fully saturated rings. The molecule has 0 aliphatic carbocycles. The Morgan fingerprint density at radius 1 is 1.37 bits per heavy atom. The van der Waals surface area contributed by atoms with Gasteiger partial charge in [-0.05, 0) is 40.5 Å². The smallest absolute Gasteiger partial charge is 0.250 e. The van der Waals surface area contributed by atoms with Crippen molar-refractivity contribution in [1.82, 2.24) is 9.55 Å². The lowest BCUT2D eigenvalue weighted by Crippen LogP contribution is -2.19. The summed E-state index contributed by atoms with van der Waals surface area (Å²) in [5, 5.41) is 3.31. The van der Waals surface area contributed by atoms with Gasteiger partial charge in [-0.25, -0.2) is 0 Å². The van der Waals surface area contributed by atoms with Crippen molar-refractivity contribution in [2.45, 2.75) is 19.9 Å². The van der Waals surface area contributed by atoms with Crippen molar-refractivity contribution in [2.24, 2.45) is 0 Å². The second-order valence-electron chi connectivity index (χ2n) is 4.28. The van der Waals surface area contributed by atoms with Gasteiger partial charge in [-0.1, -0.05) is 6.92 Å². The van der Waals surface area contributed by atoms with E-state index in [9.17, 15) is 4.79 Å². The van der Waals surface area contributed by atoms with Gasteiger partial charge in [-0.2, -0.15) is 0 Å². The fraction of sp³-hybridized carbons (Fsp3) is 0.286. The minimum atomic E-state index is -0.0306. The van der Waals surface area contributed by atoms with Gasteiger partial charge in [0.25, 0.3) is 5.56 Å². The van der Waals surface area contributed by atoms with Crippen LogP contribution in [0.5, 0.6) is 0 Å². The predicted octanol–water partition coefficient (Wildman–Crippen LogP) is 2.88. The van der Waals surface area contributed by atoms with Crippen LogP contribution in [0.4, 0.5) is 5.69 Å². The van der Waals surface area contributed by atoms with Crippen molar-refractivity contribution in [3.63, 3.8) is 0 Å². The highest BCUT2D eigenvalue weighted by atomic mass is 79.9. The Labute approximate surface area is 120 Å². The topological polar surface area (TPSA) is 46.9 Å². The number of rotatable bonds is 5. The third-order valence-corrected chi connectivity index (χ3v) is 3.14. The first kappa shape index (κ1) is 13.8. The molecule has 0 radical (unpaired) electrons. The SMILES string of the molecule is CCCNc1ccnc(Cn2cc(Br)ccc2=O)c1. The lowest BCUT2D eigenvalue weighted by molar-refractivity contribution is 0.737. The van der Waals surface area contributed by atoms with Gasteiger partial charge >= 0.3 is 0 Å². The zero-order chi connectivity index (χ0) is 13.7. The van der Waals surface area contributed by atoms with Crippen molar-refractivity contribution < 1.29 is 0 Å². The number of nitrogens with zero attached hydrogens (tertiary/aromatic N) is 2. The van der Waals surface area contributed by atoms with Crippen molar-refractivity contribution in [1.29, 1.82) is 0 Å². The van der Waals surface area contributed by atoms with Gasteiger partial charge in [0.15, 0.2) is 0 Å². The summed E-state index contributed by atoms with van der Waals surface area (Å²) < 4.78 is 2.52. The second kappa shape index (κ2) is 6.52. The number of pyridine rings is 2. The maximum atomic E-state index is 11.7. The Hall–Kier alpha value is -1.62. The van der Waals surface area contributed by atoms with E-state index in [-0.39, 0.29) is 5.56 Å². The molecule has 19 heavy (non-hydrogen) atoms. The minimum absolute atomic E-state index is 0.0306. The van der Waals surface area contributed by atoms with E-state index in [0.717, 1.165) is 28.8 Å². The molecule has 4 nitrogen and oxygen atoms in total. The summed E-state index contributed by atoms with van der Waals surface area (Å²) in [4.78, 5) is 16.0. The maximum absolute atomic E-state index is 11.7. The molecular formula is C14H16BrN3O. The molecule has 0 saturated carbocycles. The second-order valence-corrected chi connectivity index (χ2v) is 5.19. The fourth-order valence-corrected chi connectivity index (χ4v) is 2.12. The number of hydrogen-bond donors (Lipinski definition) is 1. The molecule has 0 aliphatic rings. The molecule has 0 aliphatic heterocycles. The quantitative estimate of drug-likeness (QED) is 0.921. The molecule has 1 N–H and O–H groups in total. The van der Waals surface area contributed by atoms with E-state index in [2.05, 4.69) is 33.2 Å². The molecule has 0 unspecified atom stereocenters. The number of halogens is 1. The lowest BCUT2D eigenvalue weighted by Gasteiger charge is -2.08. The molecule has 0 atom stereocenters. The largest absolute Gasteiger partial charge is 0.385 e. The first-order valence-electron chi connectivity index (χ1n) is 6.24. The molecule has 100 valence electrons. The van der Waals surface area contributed by atoms with Crippen LogP contribution in [-0.4, -0.2) is 16.1 Å². The van der Waals surface area contributed by atoms with Crippen LogP contribution in [0.1, 0.15) is 19.0 Å². The van der Waals surface area contributed by atoms with Gasteiger partial charge in [0.1, 0.15) is 0 Å². The Bertz CT molecular complexity index is 610. The van der Waals surface area contributed by atoms with E-state index in [1.165, 1.54) is 0 Å². The Kier molecular flexibility index (Phi) is 4.74. The molecule has 2 rings (SSSR count). The molecule has 0 spiro atoms. The molecule has 0 saturated heterocycles. The highest BCUT2D eigenvalue weighted by Crippen LogP contribution is 2.10. The van der Waals surface area contributed by atoms with Crippen LogP contribution in [-0.2, 0) is 6.54 Å². The summed E-state index contributed by atoms with van der Waals surface area (Å²) in [6.45, 7) is 3.52. The van der Waals surface area contributed by atoms with E-state index in [1.807, 2.05) is 12.1 Å². The van der Waals surface area contributed by atoms with Crippen molar-refractivity contribution in [3.8, 4) is 0 Å². The van der Waals surface area contributed by atoms with Crippen LogP contribution in [0.2, 0.25) is 0 Å². The first-order valence-corrected chi connectivity index (χ1v) is 7.03. The lowest BCUT2D eigenvalue weighted by atomic mass is 10.3. The number of anilines is 1. The zero-order valence-corrected chi connectivity index (χ0v) is 12.4. The van der Waals surface area contributed by atoms with E-state index in [0.29, 0.717) is 6.54 Å². The first-order chi connectivity index (χ1) is 9.19. The van der Waals surface area contributed by atoms with Crippen LogP contribution >= 0.6 is 15.9 Å². The fourth-order valence-electron chi connectivity index (χ4n) is 1.74. The van der Waals surface area contributed by atoms with Gasteiger partial charge in [0.2, 0.25) is 0 Å². The molecule has 2 heterocycles. The summed E-state index contributed by atoms with van der Waals surface area (Å²) in [5.41, 5.74) is 1.87. The van der Waals surface area contributed by atoms with Crippen LogP contribution in [0.15, 0.2) is 45.9 Å². The van der Waals surface area contributed by atoms with Crippen LogP contribution in [0.25, 0.3) is 0 Å². The summed E-state index contributed by atoms with van der Waals surface area (Å²) in [5.74, 6) is 0. The number of aromatic nitrogens is 2. The summed E-state index contributed by atoms with van der Waals surface area (Å²) >= 11 is 3.37. The highest BCUT2D eigenvalue weighted by molar-refractivity contribution is 9.10. The molecule has 5 heteroatoms. The van der Waals surface area contributed by atoms with Crippen LogP contribution < -0.4 is 10.9 Å². The Balaban J connectivity index is 2.18. The normalized spacial score (nSPS) is 10.4. The molecule has 0 amide bonds. The van der Waals surface area contributed by atoms with E-state index >= 15 is 0 Å². The highest BCUT2D eigenvalue weighted by Gasteiger charge is 2.01. The number of nitrogens with one attached hydrogen (secondary N) is 1. The summed E-state index contributed by atoms with van der Waals surface area (Å²) in [6, 6.07) is 7.20. The Morgan fingerprint density at radius 2 is 2.21 bits per heavy atom. The van der Waals surface area contributed by atoms with Gasteiger partial charge < -0.3 is 9.88 Å². The van der Waals surface area contributed by atoms with Gasteiger partial charge in [0, 0.05) is 35.2 Å². The van der Waals surface area contributed by atoms with Crippen molar-refractivity contribution in [2.75, 3.05) is 11.9 Å². The molecular weight excluding hydrogens is 306 g/mol. The monoisotopic (exact) mass is 321 g/mol. The standard InChI is InChI=1S/C14H16BrN3O/c1-2-6-16-12-5-7-17-13(8-12)10-18-9-11(15)3-4-14(18)19/h3-5,7-9H,2,6,10H2,1H3,(H,16,17). The van der Waals surface area contributed by atoms with E-state index in [4.69, 9.17) is 0 Å². The molecule has 0 aromatic carbocycles. The third kappa shape index (κ3) is 3.92. The summed E-state index contributed by atoms with van der Waals surface area (Å²) in [6.07, 6.45) is 4.61. The Morgan fingerprint density at radius 3 is 3.00 bits per heavy atom. The molecule has 2 aromatic heterocycles. The van der Waals surface area contributed by atoms with Crippen LogP contribution in [0.3, 0.4) is 0 Å². The summed E-state index contributed by atoms with van der Waals surface area (Å²) in [7, 11) is 0. The molecule has 2 aromatic rings. The predicted molar refractivity (Wildman–Crippen MR) is 80.5 cm³/mol. The van der Waals surface area contributed by atoms with Gasteiger partial charge in [-0.15, -0.1) is 0 Å². The van der Waals surface area contributed by atoms with Crippen molar-refractivity contribution >= 4 is 21.6 Å². The minimum Gasteiger partial charge on any atom is -0.385 e. The van der Waals surface area contributed by atoms with Gasteiger partial charge in [-0.3, -0.25) is 9.78 Å². The van der Waals surface area contributed by atoms with E-state index in [1.54, 1.807) is 29.1 Å². The van der Waals surface area contributed by atoms with Crippen molar-refractivity contribution in [3.05, 3.63) is 57.2 Å². The molecule has 0 bridgehead atoms. The third-order valence-electron chi connectivity index (χ3n) is 2.68. The van der Waals surface area contributed by atoms with Crippen LogP contribution in [0, 0.1) is 0 Å². The maximum Gasteiger partial charge on any atom is 0.250 e. The average Bonchev–Trinajstić information content (AvgIpc) is 2.41.